The number of aromatic nitrogens is 2. The molecule has 1 aromatic carbocycles. The predicted octanol–water partition coefficient (Wildman–Crippen LogP) is 0.679. The van der Waals surface area contributed by atoms with Gasteiger partial charge in [0.25, 0.3) is 11.8 Å². The average molecular weight is 385 g/mol. The zero-order valence-corrected chi connectivity index (χ0v) is 15.9. The Hall–Kier alpha value is -3.53. The molecular weight excluding hydrogens is 362 g/mol. The number of nitrogens with zero attached hydrogens (tertiary/aromatic N) is 4. The molecule has 2 amide bonds. The van der Waals surface area contributed by atoms with Crippen molar-refractivity contribution in [3.8, 4) is 0 Å². The SMILES string of the molecule is CC(CC=O)N(N)c1cnc(C(N)=O)c(Nc2ccc(C(=O)N(C)C)cc2)n1. The number of nitrogens with two attached hydrogens (primary N) is 2. The summed E-state index contributed by atoms with van der Waals surface area (Å²) in [5.74, 6) is 5.47. The van der Waals surface area contributed by atoms with E-state index in [9.17, 15) is 14.4 Å². The molecule has 28 heavy (non-hydrogen) atoms. The maximum atomic E-state index is 12.0. The normalized spacial score (nSPS) is 11.4. The molecule has 0 aliphatic carbocycles. The molecule has 1 heterocycles. The van der Waals surface area contributed by atoms with Gasteiger partial charge in [0.2, 0.25) is 0 Å². The number of nitrogens with one attached hydrogen (secondary N) is 1. The molecule has 0 spiro atoms. The molecule has 1 aromatic heterocycles. The van der Waals surface area contributed by atoms with Crippen molar-refractivity contribution in [2.75, 3.05) is 24.4 Å². The number of hydrazine groups is 1. The minimum atomic E-state index is -0.759. The summed E-state index contributed by atoms with van der Waals surface area (Å²) in [7, 11) is 3.33. The Morgan fingerprint density at radius 2 is 1.89 bits per heavy atom. The van der Waals surface area contributed by atoms with Crippen molar-refractivity contribution in [3.05, 3.63) is 41.7 Å². The highest BCUT2D eigenvalue weighted by Crippen LogP contribution is 2.21. The van der Waals surface area contributed by atoms with Crippen molar-refractivity contribution >= 4 is 35.4 Å². The fourth-order valence-electron chi connectivity index (χ4n) is 2.34. The van der Waals surface area contributed by atoms with Gasteiger partial charge >= 0.3 is 0 Å². The number of hydrogen-bond acceptors (Lipinski definition) is 8. The van der Waals surface area contributed by atoms with Gasteiger partial charge in [0, 0.05) is 31.8 Å². The van der Waals surface area contributed by atoms with Crippen LogP contribution in [-0.2, 0) is 4.79 Å². The van der Waals surface area contributed by atoms with E-state index >= 15 is 0 Å². The summed E-state index contributed by atoms with van der Waals surface area (Å²) in [6, 6.07) is 6.33. The molecule has 0 bridgehead atoms. The maximum absolute atomic E-state index is 12.0. The molecule has 0 saturated carbocycles. The molecular formula is C18H23N7O3. The predicted molar refractivity (Wildman–Crippen MR) is 105 cm³/mol. The lowest BCUT2D eigenvalue weighted by atomic mass is 10.2. The van der Waals surface area contributed by atoms with Crippen LogP contribution in [0.15, 0.2) is 30.5 Å². The van der Waals surface area contributed by atoms with Crippen LogP contribution in [0, 0.1) is 0 Å². The van der Waals surface area contributed by atoms with E-state index in [2.05, 4.69) is 15.3 Å². The molecule has 10 heteroatoms. The Morgan fingerprint density at radius 1 is 1.25 bits per heavy atom. The molecule has 1 unspecified atom stereocenters. The molecule has 0 fully saturated rings. The summed E-state index contributed by atoms with van der Waals surface area (Å²) in [5.41, 5.74) is 6.41. The Balaban J connectivity index is 2.32. The summed E-state index contributed by atoms with van der Waals surface area (Å²) in [5, 5.41) is 4.25. The second-order valence-electron chi connectivity index (χ2n) is 6.35. The summed E-state index contributed by atoms with van der Waals surface area (Å²) in [6.45, 7) is 1.76. The lowest BCUT2D eigenvalue weighted by Crippen LogP contribution is -2.40. The molecule has 0 saturated heterocycles. The number of amides is 2. The Bertz CT molecular complexity index is 868. The first-order chi connectivity index (χ1) is 13.2. The van der Waals surface area contributed by atoms with Gasteiger partial charge in [-0.1, -0.05) is 0 Å². The van der Waals surface area contributed by atoms with Gasteiger partial charge in [-0.3, -0.25) is 14.6 Å². The van der Waals surface area contributed by atoms with Crippen molar-refractivity contribution in [1.82, 2.24) is 14.9 Å². The number of aldehydes is 1. The first-order valence-electron chi connectivity index (χ1n) is 8.47. The van der Waals surface area contributed by atoms with E-state index in [1.165, 1.54) is 16.1 Å². The second kappa shape index (κ2) is 8.91. The first-order valence-corrected chi connectivity index (χ1v) is 8.47. The average Bonchev–Trinajstić information content (AvgIpc) is 2.67. The van der Waals surface area contributed by atoms with Crippen molar-refractivity contribution in [2.45, 2.75) is 19.4 Å². The molecule has 0 aliphatic heterocycles. The molecule has 0 aliphatic rings. The molecule has 2 rings (SSSR count). The number of hydrogen-bond donors (Lipinski definition) is 3. The van der Waals surface area contributed by atoms with E-state index < -0.39 is 5.91 Å². The smallest absolute Gasteiger partial charge is 0.271 e. The van der Waals surface area contributed by atoms with Gasteiger partial charge in [-0.25, -0.2) is 15.8 Å². The highest BCUT2D eigenvalue weighted by atomic mass is 16.2. The number of carbonyl (C=O) groups excluding carboxylic acids is 3. The van der Waals surface area contributed by atoms with Crippen LogP contribution in [0.3, 0.4) is 0 Å². The fraction of sp³-hybridized carbons (Fsp3) is 0.278. The van der Waals surface area contributed by atoms with E-state index in [1.54, 1.807) is 45.3 Å². The minimum Gasteiger partial charge on any atom is -0.364 e. The third kappa shape index (κ3) is 4.80. The zero-order valence-electron chi connectivity index (χ0n) is 15.9. The van der Waals surface area contributed by atoms with Gasteiger partial charge in [0.15, 0.2) is 17.3 Å². The number of benzene rings is 1. The molecule has 148 valence electrons. The van der Waals surface area contributed by atoms with Crippen molar-refractivity contribution in [2.24, 2.45) is 11.6 Å². The minimum absolute atomic E-state index is 0.0614. The zero-order chi connectivity index (χ0) is 20.8. The van der Waals surface area contributed by atoms with Crippen LogP contribution < -0.4 is 21.9 Å². The number of carbonyl (C=O) groups is 3. The van der Waals surface area contributed by atoms with Crippen LogP contribution >= 0.6 is 0 Å². The largest absolute Gasteiger partial charge is 0.364 e. The van der Waals surface area contributed by atoms with E-state index in [-0.39, 0.29) is 35.7 Å². The Kier molecular flexibility index (Phi) is 6.61. The summed E-state index contributed by atoms with van der Waals surface area (Å²) in [4.78, 5) is 44.2. The van der Waals surface area contributed by atoms with Crippen LogP contribution in [0.4, 0.5) is 17.3 Å². The highest BCUT2D eigenvalue weighted by molar-refractivity contribution is 5.97. The highest BCUT2D eigenvalue weighted by Gasteiger charge is 2.18. The van der Waals surface area contributed by atoms with Crippen LogP contribution in [0.25, 0.3) is 0 Å². The monoisotopic (exact) mass is 385 g/mol. The van der Waals surface area contributed by atoms with E-state index in [0.717, 1.165) is 6.29 Å². The standard InChI is InChI=1S/C18H23N7O3/c1-11(8-9-26)25(20)14-10-21-15(16(19)27)17(23-14)22-13-6-4-12(5-7-13)18(28)24(2)3/h4-7,9-11H,8,20H2,1-3H3,(H2,19,27)(H,22,23). The van der Waals surface area contributed by atoms with Gasteiger partial charge < -0.3 is 20.7 Å². The van der Waals surface area contributed by atoms with Crippen molar-refractivity contribution < 1.29 is 14.4 Å². The number of rotatable bonds is 8. The van der Waals surface area contributed by atoms with Gasteiger partial charge in [0.1, 0.15) is 6.29 Å². The topological polar surface area (TPSA) is 148 Å². The molecule has 0 radical (unpaired) electrons. The van der Waals surface area contributed by atoms with Crippen molar-refractivity contribution in [1.29, 1.82) is 0 Å². The third-order valence-electron chi connectivity index (χ3n) is 3.97. The molecule has 5 N–H and O–H groups in total. The lowest BCUT2D eigenvalue weighted by Gasteiger charge is -2.24. The molecule has 2 aromatic rings. The molecule has 1 atom stereocenters. The van der Waals surface area contributed by atoms with Crippen LogP contribution in [0.5, 0.6) is 0 Å². The number of primary amides is 1. The van der Waals surface area contributed by atoms with Crippen LogP contribution in [0.2, 0.25) is 0 Å². The van der Waals surface area contributed by atoms with E-state index in [0.29, 0.717) is 11.3 Å². The van der Waals surface area contributed by atoms with Crippen molar-refractivity contribution in [3.63, 3.8) is 0 Å². The quantitative estimate of drug-likeness (QED) is 0.341. The molecule has 10 nitrogen and oxygen atoms in total. The second-order valence-corrected chi connectivity index (χ2v) is 6.35. The summed E-state index contributed by atoms with van der Waals surface area (Å²) in [6.07, 6.45) is 2.27. The van der Waals surface area contributed by atoms with Gasteiger partial charge in [0.05, 0.1) is 12.2 Å². The van der Waals surface area contributed by atoms with Gasteiger partial charge in [-0.05, 0) is 31.2 Å². The first kappa shape index (κ1) is 20.8. The van der Waals surface area contributed by atoms with Crippen LogP contribution in [0.1, 0.15) is 34.2 Å². The third-order valence-corrected chi connectivity index (χ3v) is 3.97. The summed E-state index contributed by atoms with van der Waals surface area (Å²) >= 11 is 0. The maximum Gasteiger partial charge on any atom is 0.271 e. The van der Waals surface area contributed by atoms with E-state index in [1.807, 2.05) is 0 Å². The Labute approximate surface area is 162 Å². The van der Waals surface area contributed by atoms with E-state index in [4.69, 9.17) is 11.6 Å². The fourth-order valence-corrected chi connectivity index (χ4v) is 2.34. The number of anilines is 3. The summed E-state index contributed by atoms with van der Waals surface area (Å²) < 4.78 is 0. The van der Waals surface area contributed by atoms with Gasteiger partial charge in [-0.2, -0.15) is 0 Å². The lowest BCUT2D eigenvalue weighted by molar-refractivity contribution is -0.108. The van der Waals surface area contributed by atoms with Gasteiger partial charge in [-0.15, -0.1) is 0 Å². The Morgan fingerprint density at radius 3 is 2.43 bits per heavy atom. The van der Waals surface area contributed by atoms with Crippen LogP contribution in [-0.4, -0.2) is 53.1 Å².